The molecule has 0 amide bonds. The van der Waals surface area contributed by atoms with Crippen LogP contribution in [-0.2, 0) is 9.53 Å². The van der Waals surface area contributed by atoms with Gasteiger partial charge in [0.05, 0.1) is 19.9 Å². The Balaban J connectivity index is 2.32. The zero-order chi connectivity index (χ0) is 15.9. The molecule has 0 fully saturated rings. The summed E-state index contributed by atoms with van der Waals surface area (Å²) < 4.78 is 9.82. The lowest BCUT2D eigenvalue weighted by Crippen LogP contribution is -2.04. The summed E-state index contributed by atoms with van der Waals surface area (Å²) in [6, 6.07) is 14.6. The fourth-order valence-electron chi connectivity index (χ4n) is 1.85. The van der Waals surface area contributed by atoms with Gasteiger partial charge in [0, 0.05) is 16.8 Å². The number of anilines is 1. The maximum atomic E-state index is 11.6. The number of carbonyl (C=O) groups is 1. The second kappa shape index (κ2) is 7.52. The highest BCUT2D eigenvalue weighted by atomic mass is 35.5. The van der Waals surface area contributed by atoms with Crippen LogP contribution in [0.4, 0.5) is 5.69 Å². The number of benzene rings is 2. The number of nitrogens with one attached hydrogen (secondary N) is 1. The summed E-state index contributed by atoms with van der Waals surface area (Å²) in [7, 11) is 2.94. The van der Waals surface area contributed by atoms with Crippen LogP contribution in [0, 0.1) is 0 Å². The summed E-state index contributed by atoms with van der Waals surface area (Å²) in [5.41, 5.74) is 2.20. The molecule has 5 heteroatoms. The van der Waals surface area contributed by atoms with Crippen LogP contribution in [-0.4, -0.2) is 20.2 Å². The normalized spacial score (nSPS) is 11.0. The smallest absolute Gasteiger partial charge is 0.332 e. The van der Waals surface area contributed by atoms with E-state index in [0.29, 0.717) is 10.7 Å². The molecule has 2 aromatic rings. The van der Waals surface area contributed by atoms with Crippen molar-refractivity contribution in [2.45, 2.75) is 0 Å². The number of esters is 1. The van der Waals surface area contributed by atoms with Gasteiger partial charge in [-0.05, 0) is 42.0 Å². The van der Waals surface area contributed by atoms with E-state index in [4.69, 9.17) is 21.1 Å². The van der Waals surface area contributed by atoms with Crippen LogP contribution in [0.3, 0.4) is 0 Å². The molecule has 1 N–H and O–H groups in total. The highest BCUT2D eigenvalue weighted by molar-refractivity contribution is 6.30. The maximum Gasteiger partial charge on any atom is 0.332 e. The first-order valence-electron chi connectivity index (χ1n) is 6.59. The van der Waals surface area contributed by atoms with Crippen molar-refractivity contribution in [2.75, 3.05) is 19.5 Å². The predicted molar refractivity (Wildman–Crippen MR) is 88.1 cm³/mol. The van der Waals surface area contributed by atoms with Crippen LogP contribution in [0.2, 0.25) is 5.02 Å². The van der Waals surface area contributed by atoms with Crippen LogP contribution in [0.25, 0.3) is 5.70 Å². The lowest BCUT2D eigenvalue weighted by atomic mass is 10.1. The minimum Gasteiger partial charge on any atom is -0.497 e. The highest BCUT2D eigenvalue weighted by Gasteiger charge is 2.07. The second-order valence-corrected chi connectivity index (χ2v) is 4.88. The van der Waals surface area contributed by atoms with Gasteiger partial charge in [0.1, 0.15) is 5.75 Å². The first-order chi connectivity index (χ1) is 10.6. The molecule has 0 unspecified atom stereocenters. The third kappa shape index (κ3) is 4.27. The molecule has 4 nitrogen and oxygen atoms in total. The fourth-order valence-corrected chi connectivity index (χ4v) is 2.04. The van der Waals surface area contributed by atoms with Gasteiger partial charge in [0.2, 0.25) is 0 Å². The first kappa shape index (κ1) is 15.9. The van der Waals surface area contributed by atoms with Crippen molar-refractivity contribution in [3.8, 4) is 5.75 Å². The third-order valence-electron chi connectivity index (χ3n) is 2.97. The molecule has 0 saturated carbocycles. The molecule has 0 aliphatic rings. The molecular weight excluding hydrogens is 302 g/mol. The molecule has 2 rings (SSSR count). The summed E-state index contributed by atoms with van der Waals surface area (Å²) in [4.78, 5) is 11.6. The molecule has 0 aliphatic heterocycles. The Morgan fingerprint density at radius 1 is 1.14 bits per heavy atom. The Morgan fingerprint density at radius 3 is 2.45 bits per heavy atom. The number of hydrogen-bond donors (Lipinski definition) is 1. The molecular formula is C17H16ClNO3. The molecule has 0 spiro atoms. The van der Waals surface area contributed by atoms with E-state index in [-0.39, 0.29) is 0 Å². The minimum absolute atomic E-state index is 0.448. The van der Waals surface area contributed by atoms with Gasteiger partial charge in [-0.15, -0.1) is 0 Å². The average Bonchev–Trinajstić information content (AvgIpc) is 2.54. The van der Waals surface area contributed by atoms with Gasteiger partial charge >= 0.3 is 5.97 Å². The zero-order valence-electron chi connectivity index (χ0n) is 12.3. The molecule has 0 bridgehead atoms. The molecule has 2 aromatic carbocycles. The van der Waals surface area contributed by atoms with E-state index >= 15 is 0 Å². The lowest BCUT2D eigenvalue weighted by molar-refractivity contribution is -0.134. The minimum atomic E-state index is -0.448. The molecule has 114 valence electrons. The lowest BCUT2D eigenvalue weighted by Gasteiger charge is -2.12. The van der Waals surface area contributed by atoms with E-state index < -0.39 is 5.97 Å². The molecule has 0 aromatic heterocycles. The van der Waals surface area contributed by atoms with Gasteiger partial charge in [-0.3, -0.25) is 0 Å². The molecule has 0 radical (unpaired) electrons. The van der Waals surface area contributed by atoms with Crippen LogP contribution < -0.4 is 10.1 Å². The number of carbonyl (C=O) groups excluding carboxylic acids is 1. The van der Waals surface area contributed by atoms with Crippen LogP contribution >= 0.6 is 11.6 Å². The molecule has 0 atom stereocenters. The van der Waals surface area contributed by atoms with Gasteiger partial charge in [-0.2, -0.15) is 0 Å². The van der Waals surface area contributed by atoms with Gasteiger partial charge < -0.3 is 14.8 Å². The summed E-state index contributed by atoms with van der Waals surface area (Å²) in [5, 5.41) is 3.77. The molecule has 0 heterocycles. The van der Waals surface area contributed by atoms with Gasteiger partial charge in [-0.1, -0.05) is 23.7 Å². The summed E-state index contributed by atoms with van der Waals surface area (Å²) in [6.07, 6.45) is 1.38. The average molecular weight is 318 g/mol. The van der Waals surface area contributed by atoms with E-state index in [1.54, 1.807) is 19.2 Å². The Labute approximate surface area is 134 Å². The largest absolute Gasteiger partial charge is 0.497 e. The van der Waals surface area contributed by atoms with E-state index in [2.05, 4.69) is 5.32 Å². The van der Waals surface area contributed by atoms with E-state index in [0.717, 1.165) is 17.0 Å². The summed E-state index contributed by atoms with van der Waals surface area (Å²) in [5.74, 6) is 0.308. The Morgan fingerprint density at radius 2 is 1.86 bits per heavy atom. The predicted octanol–water partition coefficient (Wildman–Crippen LogP) is 3.97. The van der Waals surface area contributed by atoms with Gasteiger partial charge in [0.15, 0.2) is 0 Å². The first-order valence-corrected chi connectivity index (χ1v) is 6.97. The van der Waals surface area contributed by atoms with E-state index in [9.17, 15) is 4.79 Å². The van der Waals surface area contributed by atoms with Crippen molar-refractivity contribution in [2.24, 2.45) is 0 Å². The number of rotatable bonds is 5. The number of ether oxygens (including phenoxy) is 2. The molecule has 22 heavy (non-hydrogen) atoms. The number of hydrogen-bond acceptors (Lipinski definition) is 4. The fraction of sp³-hybridized carbons (Fsp3) is 0.118. The monoisotopic (exact) mass is 317 g/mol. The second-order valence-electron chi connectivity index (χ2n) is 4.45. The van der Waals surface area contributed by atoms with Crippen molar-refractivity contribution >= 4 is 29.0 Å². The van der Waals surface area contributed by atoms with Crippen molar-refractivity contribution < 1.29 is 14.3 Å². The Bertz CT molecular complexity index is 681. The SMILES string of the molecule is COC(=O)/C=C(\Nc1ccc(OC)cc1)c1cccc(Cl)c1. The maximum absolute atomic E-state index is 11.6. The highest BCUT2D eigenvalue weighted by Crippen LogP contribution is 2.23. The van der Waals surface area contributed by atoms with E-state index in [1.165, 1.54) is 13.2 Å². The molecule has 0 aliphatic carbocycles. The summed E-state index contributed by atoms with van der Waals surface area (Å²) >= 11 is 6.01. The van der Waals surface area contributed by atoms with E-state index in [1.807, 2.05) is 36.4 Å². The van der Waals surface area contributed by atoms with Crippen LogP contribution in [0.1, 0.15) is 5.56 Å². The van der Waals surface area contributed by atoms with Crippen molar-refractivity contribution in [1.82, 2.24) is 0 Å². The Kier molecular flexibility index (Phi) is 5.44. The molecule has 0 saturated heterocycles. The van der Waals surface area contributed by atoms with Crippen molar-refractivity contribution in [1.29, 1.82) is 0 Å². The van der Waals surface area contributed by atoms with Gasteiger partial charge in [0.25, 0.3) is 0 Å². The Hall–Kier alpha value is -2.46. The quantitative estimate of drug-likeness (QED) is 0.669. The topological polar surface area (TPSA) is 47.6 Å². The zero-order valence-corrected chi connectivity index (χ0v) is 13.1. The number of halogens is 1. The van der Waals surface area contributed by atoms with Crippen LogP contribution in [0.5, 0.6) is 5.75 Å². The summed E-state index contributed by atoms with van der Waals surface area (Å²) in [6.45, 7) is 0. The standard InChI is InChI=1S/C17H16ClNO3/c1-21-15-8-6-14(7-9-15)19-16(11-17(20)22-2)12-4-3-5-13(18)10-12/h3-11,19H,1-2H3/b16-11-. The third-order valence-corrected chi connectivity index (χ3v) is 3.20. The van der Waals surface area contributed by atoms with Crippen molar-refractivity contribution in [3.63, 3.8) is 0 Å². The number of methoxy groups -OCH3 is 2. The van der Waals surface area contributed by atoms with Crippen molar-refractivity contribution in [3.05, 3.63) is 65.2 Å². The van der Waals surface area contributed by atoms with Gasteiger partial charge in [-0.25, -0.2) is 4.79 Å². The van der Waals surface area contributed by atoms with Crippen LogP contribution in [0.15, 0.2) is 54.6 Å².